The summed E-state index contributed by atoms with van der Waals surface area (Å²) in [6.45, 7) is 4.08. The molecule has 0 spiro atoms. The first-order valence-corrected chi connectivity index (χ1v) is 12.8. The van der Waals surface area contributed by atoms with Gasteiger partial charge in [-0.1, -0.05) is 6.07 Å². The van der Waals surface area contributed by atoms with Gasteiger partial charge >= 0.3 is 0 Å². The number of hydrogen-bond acceptors (Lipinski definition) is 5. The largest absolute Gasteiger partial charge is 0.468 e. The Balaban J connectivity index is 1.13. The molecule has 0 N–H and O–H groups in total. The van der Waals surface area contributed by atoms with E-state index in [-0.39, 0.29) is 23.7 Å². The smallest absolute Gasteiger partial charge is 0.225 e. The molecule has 4 aromatic rings. The van der Waals surface area contributed by atoms with Crippen LogP contribution in [0.25, 0.3) is 22.6 Å². The quantitative estimate of drug-likeness (QED) is 0.400. The first-order valence-electron chi connectivity index (χ1n) is 12.8. The molecule has 8 heteroatoms. The molecule has 0 saturated carbocycles. The average Bonchev–Trinajstić information content (AvgIpc) is 3.57. The number of fused-ring (bicyclic) bond motifs is 1. The Labute approximate surface area is 209 Å². The van der Waals surface area contributed by atoms with Gasteiger partial charge in [-0.05, 0) is 75.2 Å². The van der Waals surface area contributed by atoms with Gasteiger partial charge in [0.2, 0.25) is 5.91 Å². The van der Waals surface area contributed by atoms with E-state index in [0.29, 0.717) is 5.52 Å². The summed E-state index contributed by atoms with van der Waals surface area (Å²) in [5.74, 6) is 1.81. The highest BCUT2D eigenvalue weighted by atomic mass is 19.1. The predicted octanol–water partition coefficient (Wildman–Crippen LogP) is 4.91. The van der Waals surface area contributed by atoms with E-state index < -0.39 is 0 Å². The van der Waals surface area contributed by atoms with Crippen LogP contribution in [0.2, 0.25) is 0 Å². The van der Waals surface area contributed by atoms with Crippen LogP contribution in [-0.4, -0.2) is 56.4 Å². The van der Waals surface area contributed by atoms with Gasteiger partial charge < -0.3 is 13.9 Å². The summed E-state index contributed by atoms with van der Waals surface area (Å²) in [6, 6.07) is 14.6. The Hall–Kier alpha value is -3.52. The number of amides is 1. The molecule has 7 nitrogen and oxygen atoms in total. The van der Waals surface area contributed by atoms with Gasteiger partial charge in [0.1, 0.15) is 17.3 Å². The lowest BCUT2D eigenvalue weighted by atomic mass is 9.93. The number of pyridine rings is 1. The van der Waals surface area contributed by atoms with E-state index >= 15 is 0 Å². The first-order chi connectivity index (χ1) is 17.7. The third-order valence-electron chi connectivity index (χ3n) is 7.58. The zero-order chi connectivity index (χ0) is 24.5. The normalized spacial score (nSPS) is 18.2. The van der Waals surface area contributed by atoms with E-state index in [1.54, 1.807) is 18.5 Å². The number of halogens is 1. The summed E-state index contributed by atoms with van der Waals surface area (Å²) in [5, 5.41) is 0. The maximum atomic E-state index is 13.9. The van der Waals surface area contributed by atoms with Crippen molar-refractivity contribution < 1.29 is 13.6 Å². The molecule has 2 saturated heterocycles. The number of nitrogens with zero attached hydrogens (tertiary/aromatic N) is 5. The van der Waals surface area contributed by atoms with Crippen LogP contribution >= 0.6 is 0 Å². The molecule has 0 atom stereocenters. The highest BCUT2D eigenvalue weighted by molar-refractivity contribution is 5.81. The van der Waals surface area contributed by atoms with E-state index in [1.165, 1.54) is 12.1 Å². The molecule has 0 aliphatic carbocycles. The first kappa shape index (κ1) is 22.9. The monoisotopic (exact) mass is 487 g/mol. The fraction of sp³-hybridized carbons (Fsp3) is 0.393. The van der Waals surface area contributed by atoms with Crippen molar-refractivity contribution in [2.45, 2.75) is 38.3 Å². The average molecular weight is 488 g/mol. The minimum absolute atomic E-state index is 0.0931. The molecular formula is C28H30FN5O2. The summed E-state index contributed by atoms with van der Waals surface area (Å²) in [4.78, 5) is 27.0. The van der Waals surface area contributed by atoms with Gasteiger partial charge in [-0.15, -0.1) is 0 Å². The lowest BCUT2D eigenvalue weighted by molar-refractivity contribution is -0.138. The van der Waals surface area contributed by atoms with Crippen molar-refractivity contribution in [2.24, 2.45) is 5.92 Å². The van der Waals surface area contributed by atoms with Crippen LogP contribution in [0.4, 0.5) is 4.39 Å². The Morgan fingerprint density at radius 1 is 1.00 bits per heavy atom. The molecule has 0 bridgehead atoms. The number of aromatic nitrogens is 3. The third kappa shape index (κ3) is 4.53. The molecule has 36 heavy (non-hydrogen) atoms. The van der Waals surface area contributed by atoms with Gasteiger partial charge in [-0.25, -0.2) is 9.37 Å². The molecule has 3 aromatic heterocycles. The van der Waals surface area contributed by atoms with Gasteiger partial charge in [-0.2, -0.15) is 0 Å². The van der Waals surface area contributed by atoms with E-state index in [9.17, 15) is 9.18 Å². The van der Waals surface area contributed by atoms with Crippen LogP contribution in [0.15, 0.2) is 65.4 Å². The number of furan rings is 1. The number of carbonyl (C=O) groups excluding carboxylic acids is 1. The molecule has 0 radical (unpaired) electrons. The minimum Gasteiger partial charge on any atom is -0.468 e. The number of piperidine rings is 2. The second kappa shape index (κ2) is 9.85. The van der Waals surface area contributed by atoms with E-state index in [1.807, 2.05) is 35.2 Å². The van der Waals surface area contributed by atoms with Crippen molar-refractivity contribution in [3.8, 4) is 11.5 Å². The van der Waals surface area contributed by atoms with Gasteiger partial charge in [0.05, 0.1) is 23.8 Å². The highest BCUT2D eigenvalue weighted by Crippen LogP contribution is 2.34. The molecule has 0 unspecified atom stereocenters. The van der Waals surface area contributed by atoms with Crippen molar-refractivity contribution in [2.75, 3.05) is 26.2 Å². The number of likely N-dealkylation sites (tertiary alicyclic amines) is 2. The Morgan fingerprint density at radius 3 is 2.56 bits per heavy atom. The number of imidazole rings is 1. The second-order valence-corrected chi connectivity index (χ2v) is 9.84. The van der Waals surface area contributed by atoms with Crippen LogP contribution in [0.1, 0.15) is 37.5 Å². The molecule has 6 rings (SSSR count). The van der Waals surface area contributed by atoms with Crippen LogP contribution in [-0.2, 0) is 11.3 Å². The standard InChI is InChI=1S/C28H30FN5O2/c29-21-6-7-26-25(18-21)31-27(24-5-1-2-12-30-24)34(26)22-10-15-33(16-11-22)28(35)20-8-13-32(14-9-20)19-23-4-3-17-36-23/h1-7,12,17-18,20,22H,8-11,13-16,19H2. The molecule has 2 fully saturated rings. The maximum Gasteiger partial charge on any atom is 0.225 e. The van der Waals surface area contributed by atoms with Gasteiger partial charge in [-0.3, -0.25) is 14.7 Å². The summed E-state index contributed by atoms with van der Waals surface area (Å²) in [7, 11) is 0. The number of hydrogen-bond donors (Lipinski definition) is 0. The maximum absolute atomic E-state index is 13.9. The molecule has 1 aromatic carbocycles. The van der Waals surface area contributed by atoms with Gasteiger partial charge in [0.15, 0.2) is 5.82 Å². The van der Waals surface area contributed by atoms with Crippen molar-refractivity contribution in [3.63, 3.8) is 0 Å². The number of carbonyl (C=O) groups is 1. The van der Waals surface area contributed by atoms with E-state index in [4.69, 9.17) is 9.40 Å². The van der Waals surface area contributed by atoms with Crippen LogP contribution in [0.5, 0.6) is 0 Å². The summed E-state index contributed by atoms with van der Waals surface area (Å²) < 4.78 is 21.6. The highest BCUT2D eigenvalue weighted by Gasteiger charge is 2.32. The third-order valence-corrected chi connectivity index (χ3v) is 7.58. The molecule has 1 amide bonds. The van der Waals surface area contributed by atoms with Gasteiger partial charge in [0, 0.05) is 37.3 Å². The Bertz CT molecular complexity index is 1320. The topological polar surface area (TPSA) is 67.4 Å². The molecular weight excluding hydrogens is 457 g/mol. The fourth-order valence-corrected chi connectivity index (χ4v) is 5.68. The van der Waals surface area contributed by atoms with Crippen molar-refractivity contribution in [3.05, 3.63) is 72.6 Å². The molecule has 5 heterocycles. The van der Waals surface area contributed by atoms with Crippen molar-refractivity contribution >= 4 is 16.9 Å². The SMILES string of the molecule is O=C(C1CCN(Cc2ccco2)CC1)N1CCC(n2c(-c3ccccn3)nc3cc(F)ccc32)CC1. The summed E-state index contributed by atoms with van der Waals surface area (Å²) in [6.07, 6.45) is 6.92. The lowest BCUT2D eigenvalue weighted by Gasteiger charge is -2.37. The molecule has 2 aliphatic rings. The van der Waals surface area contributed by atoms with Crippen LogP contribution < -0.4 is 0 Å². The zero-order valence-corrected chi connectivity index (χ0v) is 20.2. The molecule has 186 valence electrons. The summed E-state index contributed by atoms with van der Waals surface area (Å²) in [5.41, 5.74) is 2.31. The van der Waals surface area contributed by atoms with E-state index in [2.05, 4.69) is 14.5 Å². The minimum atomic E-state index is -0.296. The predicted molar refractivity (Wildman–Crippen MR) is 134 cm³/mol. The second-order valence-electron chi connectivity index (χ2n) is 9.84. The van der Waals surface area contributed by atoms with Crippen molar-refractivity contribution in [1.82, 2.24) is 24.3 Å². The van der Waals surface area contributed by atoms with Crippen LogP contribution in [0, 0.1) is 11.7 Å². The Kier molecular flexibility index (Phi) is 6.27. The van der Waals surface area contributed by atoms with E-state index in [0.717, 1.165) is 81.2 Å². The molecule has 2 aliphatic heterocycles. The fourth-order valence-electron chi connectivity index (χ4n) is 5.68. The number of benzene rings is 1. The summed E-state index contributed by atoms with van der Waals surface area (Å²) >= 11 is 0. The van der Waals surface area contributed by atoms with Crippen molar-refractivity contribution in [1.29, 1.82) is 0 Å². The zero-order valence-electron chi connectivity index (χ0n) is 20.2. The number of rotatable bonds is 5. The lowest BCUT2D eigenvalue weighted by Crippen LogP contribution is -2.45. The Morgan fingerprint density at radius 2 is 1.83 bits per heavy atom. The van der Waals surface area contributed by atoms with Gasteiger partial charge in [0.25, 0.3) is 0 Å². The van der Waals surface area contributed by atoms with Crippen LogP contribution in [0.3, 0.4) is 0 Å².